The van der Waals surface area contributed by atoms with Crippen LogP contribution in [0.1, 0.15) is 18.4 Å². The standard InChI is InChI=1S/C23H25ClN2O4/c1-29-20-15-21(30-2)19(14-18(20)24)25-23(28)17-10-12-26(13-11-17)22(27)9-8-16-6-4-3-5-7-16/h3-9,14-15,17H,10-13H2,1-2H3,(H,25,28)/b9-8+. The van der Waals surface area contributed by atoms with Crippen molar-refractivity contribution in [2.45, 2.75) is 12.8 Å². The highest BCUT2D eigenvalue weighted by Gasteiger charge is 2.27. The number of nitrogens with zero attached hydrogens (tertiary/aromatic N) is 1. The lowest BCUT2D eigenvalue weighted by molar-refractivity contribution is -0.130. The number of amides is 2. The smallest absolute Gasteiger partial charge is 0.246 e. The summed E-state index contributed by atoms with van der Waals surface area (Å²) in [6.07, 6.45) is 4.59. The molecular formula is C23H25ClN2O4. The molecule has 1 aliphatic heterocycles. The number of halogens is 1. The number of rotatable bonds is 6. The van der Waals surface area contributed by atoms with E-state index in [4.69, 9.17) is 21.1 Å². The Balaban J connectivity index is 1.56. The van der Waals surface area contributed by atoms with E-state index in [0.717, 1.165) is 5.56 Å². The van der Waals surface area contributed by atoms with Crippen molar-refractivity contribution in [2.75, 3.05) is 32.6 Å². The number of hydrogen-bond donors (Lipinski definition) is 1. The Bertz CT molecular complexity index is 922. The highest BCUT2D eigenvalue weighted by molar-refractivity contribution is 6.32. The average molecular weight is 429 g/mol. The van der Waals surface area contributed by atoms with Crippen LogP contribution in [0, 0.1) is 5.92 Å². The van der Waals surface area contributed by atoms with Crippen LogP contribution in [0.2, 0.25) is 5.02 Å². The molecule has 0 atom stereocenters. The molecule has 1 N–H and O–H groups in total. The number of carbonyl (C=O) groups is 2. The van der Waals surface area contributed by atoms with Crippen molar-refractivity contribution in [3.8, 4) is 11.5 Å². The summed E-state index contributed by atoms with van der Waals surface area (Å²) in [6, 6.07) is 12.9. The number of benzene rings is 2. The summed E-state index contributed by atoms with van der Waals surface area (Å²) in [6.45, 7) is 1.08. The summed E-state index contributed by atoms with van der Waals surface area (Å²) in [7, 11) is 3.04. The van der Waals surface area contributed by atoms with Gasteiger partial charge in [0.05, 0.1) is 24.9 Å². The minimum atomic E-state index is -0.183. The van der Waals surface area contributed by atoms with E-state index in [1.54, 1.807) is 29.2 Å². The molecule has 1 heterocycles. The second-order valence-corrected chi connectivity index (χ2v) is 7.43. The number of anilines is 1. The molecule has 0 bridgehead atoms. The lowest BCUT2D eigenvalue weighted by atomic mass is 9.95. The fourth-order valence-corrected chi connectivity index (χ4v) is 3.63. The van der Waals surface area contributed by atoms with E-state index < -0.39 is 0 Å². The van der Waals surface area contributed by atoms with E-state index in [1.165, 1.54) is 14.2 Å². The van der Waals surface area contributed by atoms with Crippen molar-refractivity contribution in [3.05, 3.63) is 59.1 Å². The van der Waals surface area contributed by atoms with Crippen LogP contribution in [0.4, 0.5) is 5.69 Å². The van der Waals surface area contributed by atoms with Crippen LogP contribution in [0.15, 0.2) is 48.5 Å². The highest BCUT2D eigenvalue weighted by Crippen LogP contribution is 2.36. The molecular weight excluding hydrogens is 404 g/mol. The minimum absolute atomic E-state index is 0.0404. The number of ether oxygens (including phenoxy) is 2. The summed E-state index contributed by atoms with van der Waals surface area (Å²) in [5.74, 6) is 0.616. The van der Waals surface area contributed by atoms with E-state index in [2.05, 4.69) is 5.32 Å². The van der Waals surface area contributed by atoms with E-state index >= 15 is 0 Å². The van der Waals surface area contributed by atoms with Crippen molar-refractivity contribution in [2.24, 2.45) is 5.92 Å². The SMILES string of the molecule is COc1cc(OC)c(NC(=O)C2CCN(C(=O)/C=C/c3ccccc3)CC2)cc1Cl. The molecule has 0 unspecified atom stereocenters. The normalized spacial score (nSPS) is 14.6. The molecule has 1 aliphatic rings. The summed E-state index contributed by atoms with van der Waals surface area (Å²) in [5, 5.41) is 3.28. The number of hydrogen-bond acceptors (Lipinski definition) is 4. The van der Waals surface area contributed by atoms with Crippen LogP contribution in [0.5, 0.6) is 11.5 Å². The predicted molar refractivity (Wildman–Crippen MR) is 118 cm³/mol. The molecule has 1 fully saturated rings. The first-order chi connectivity index (χ1) is 14.5. The molecule has 0 aromatic heterocycles. The topological polar surface area (TPSA) is 67.9 Å². The van der Waals surface area contributed by atoms with Crippen LogP contribution in [-0.4, -0.2) is 44.0 Å². The van der Waals surface area contributed by atoms with Crippen LogP contribution in [-0.2, 0) is 9.59 Å². The molecule has 2 amide bonds. The van der Waals surface area contributed by atoms with Gasteiger partial charge in [-0.05, 0) is 30.5 Å². The Hall–Kier alpha value is -2.99. The first-order valence-corrected chi connectivity index (χ1v) is 10.1. The molecule has 7 heteroatoms. The van der Waals surface area contributed by atoms with Gasteiger partial charge in [0.2, 0.25) is 11.8 Å². The lowest BCUT2D eigenvalue weighted by Gasteiger charge is -2.30. The minimum Gasteiger partial charge on any atom is -0.495 e. The van der Waals surface area contributed by atoms with Crippen LogP contribution < -0.4 is 14.8 Å². The first kappa shape index (κ1) is 21.7. The Morgan fingerprint density at radius 2 is 1.73 bits per heavy atom. The van der Waals surface area contributed by atoms with Crippen molar-refractivity contribution >= 4 is 35.2 Å². The second-order valence-electron chi connectivity index (χ2n) is 7.02. The van der Waals surface area contributed by atoms with Gasteiger partial charge in [-0.2, -0.15) is 0 Å². The van der Waals surface area contributed by atoms with Crippen LogP contribution in [0.3, 0.4) is 0 Å². The quantitative estimate of drug-likeness (QED) is 0.698. The molecule has 1 saturated heterocycles. The monoisotopic (exact) mass is 428 g/mol. The van der Waals surface area contributed by atoms with Gasteiger partial charge in [-0.25, -0.2) is 0 Å². The van der Waals surface area contributed by atoms with Gasteiger partial charge in [0.25, 0.3) is 0 Å². The van der Waals surface area contributed by atoms with Gasteiger partial charge >= 0.3 is 0 Å². The van der Waals surface area contributed by atoms with E-state index in [9.17, 15) is 9.59 Å². The number of likely N-dealkylation sites (tertiary alicyclic amines) is 1. The largest absolute Gasteiger partial charge is 0.495 e. The van der Waals surface area contributed by atoms with Gasteiger partial charge in [-0.3, -0.25) is 9.59 Å². The molecule has 3 rings (SSSR count). The number of nitrogens with one attached hydrogen (secondary N) is 1. The maximum absolute atomic E-state index is 12.7. The Morgan fingerprint density at radius 3 is 2.37 bits per heavy atom. The third-order valence-electron chi connectivity index (χ3n) is 5.13. The second kappa shape index (κ2) is 10.2. The van der Waals surface area contributed by atoms with Gasteiger partial charge < -0.3 is 19.7 Å². The zero-order chi connectivity index (χ0) is 21.5. The third-order valence-corrected chi connectivity index (χ3v) is 5.42. The van der Waals surface area contributed by atoms with Crippen molar-refractivity contribution in [3.63, 3.8) is 0 Å². The van der Waals surface area contributed by atoms with Crippen LogP contribution in [0.25, 0.3) is 6.08 Å². The van der Waals surface area contributed by atoms with Gasteiger partial charge in [0.15, 0.2) is 0 Å². The van der Waals surface area contributed by atoms with E-state index in [-0.39, 0.29) is 17.7 Å². The maximum Gasteiger partial charge on any atom is 0.246 e. The molecule has 158 valence electrons. The maximum atomic E-state index is 12.7. The molecule has 0 aliphatic carbocycles. The van der Waals surface area contributed by atoms with Gasteiger partial charge in [0.1, 0.15) is 11.5 Å². The average Bonchev–Trinajstić information content (AvgIpc) is 2.78. The summed E-state index contributed by atoms with van der Waals surface area (Å²) >= 11 is 6.17. The molecule has 0 saturated carbocycles. The molecule has 6 nitrogen and oxygen atoms in total. The fraction of sp³-hybridized carbons (Fsp3) is 0.304. The van der Waals surface area contributed by atoms with Crippen molar-refractivity contribution < 1.29 is 19.1 Å². The van der Waals surface area contributed by atoms with Gasteiger partial charge in [-0.1, -0.05) is 41.9 Å². The number of piperidine rings is 1. The van der Waals surface area contributed by atoms with Crippen molar-refractivity contribution in [1.82, 2.24) is 4.90 Å². The first-order valence-electron chi connectivity index (χ1n) is 9.76. The molecule has 0 spiro atoms. The highest BCUT2D eigenvalue weighted by atomic mass is 35.5. The molecule has 30 heavy (non-hydrogen) atoms. The Morgan fingerprint density at radius 1 is 1.07 bits per heavy atom. The summed E-state index contributed by atoms with van der Waals surface area (Å²) < 4.78 is 10.5. The van der Waals surface area contributed by atoms with Crippen LogP contribution >= 0.6 is 11.6 Å². The zero-order valence-electron chi connectivity index (χ0n) is 17.1. The molecule has 2 aromatic carbocycles. The van der Waals surface area contributed by atoms with Gasteiger partial charge in [-0.15, -0.1) is 0 Å². The fourth-order valence-electron chi connectivity index (χ4n) is 3.39. The van der Waals surface area contributed by atoms with E-state index in [0.29, 0.717) is 48.1 Å². The van der Waals surface area contributed by atoms with Gasteiger partial charge in [0, 0.05) is 31.1 Å². The summed E-state index contributed by atoms with van der Waals surface area (Å²) in [5.41, 5.74) is 1.48. The summed E-state index contributed by atoms with van der Waals surface area (Å²) in [4.78, 5) is 26.9. The third kappa shape index (κ3) is 5.33. The Labute approximate surface area is 181 Å². The molecule has 2 aromatic rings. The zero-order valence-corrected chi connectivity index (χ0v) is 17.8. The Kier molecular flexibility index (Phi) is 7.36. The predicted octanol–water partition coefficient (Wildman–Crippen LogP) is 4.25. The van der Waals surface area contributed by atoms with Crippen molar-refractivity contribution in [1.29, 1.82) is 0 Å². The number of methoxy groups -OCH3 is 2. The molecule has 0 radical (unpaired) electrons. The number of carbonyl (C=O) groups excluding carboxylic acids is 2. The lowest BCUT2D eigenvalue weighted by Crippen LogP contribution is -2.40. The van der Waals surface area contributed by atoms with E-state index in [1.807, 2.05) is 30.3 Å².